The fourth-order valence-electron chi connectivity index (χ4n) is 2.90. The summed E-state index contributed by atoms with van der Waals surface area (Å²) in [7, 11) is 7.64. The minimum atomic E-state index is 0. The molecule has 0 heterocycles. The molecule has 0 unspecified atom stereocenters. The quantitative estimate of drug-likeness (QED) is 0.385. The van der Waals surface area contributed by atoms with Crippen LogP contribution in [0, 0.1) is 5.54 Å². The van der Waals surface area contributed by atoms with E-state index < -0.39 is 0 Å². The maximum Gasteiger partial charge on any atom is 1.00 e. The second kappa shape index (κ2) is 5.15. The molecule has 0 saturated heterocycles. The third-order valence-corrected chi connectivity index (χ3v) is 4.72. The summed E-state index contributed by atoms with van der Waals surface area (Å²) in [5.74, 6) is 0. The monoisotopic (exact) mass is 295 g/mol. The first-order valence-corrected chi connectivity index (χ1v) is 6.90. The Morgan fingerprint density at radius 2 is 1.47 bits per heavy atom. The predicted molar refractivity (Wildman–Crippen MR) is 77.6 cm³/mol. The summed E-state index contributed by atoms with van der Waals surface area (Å²) < 4.78 is 0. The van der Waals surface area contributed by atoms with E-state index in [9.17, 15) is 0 Å². The first-order valence-electron chi connectivity index (χ1n) is 5.90. The van der Waals surface area contributed by atoms with Crippen LogP contribution >= 0.6 is 0 Å². The molecule has 0 atom stereocenters. The molecule has 0 fully saturated rings. The summed E-state index contributed by atoms with van der Waals surface area (Å²) in [6.07, 6.45) is 0. The van der Waals surface area contributed by atoms with Crippen molar-refractivity contribution in [3.63, 3.8) is 0 Å². The largest absolute Gasteiger partial charge is 1.00 e. The van der Waals surface area contributed by atoms with E-state index in [-0.39, 0.29) is 51.4 Å². The number of hydrogen-bond donors (Lipinski definition) is 0. The third-order valence-electron chi connectivity index (χ3n) is 3.68. The van der Waals surface area contributed by atoms with Crippen molar-refractivity contribution in [3.8, 4) is 11.1 Å². The van der Waals surface area contributed by atoms with Gasteiger partial charge in [-0.15, -0.1) is 33.2 Å². The zero-order chi connectivity index (χ0) is 12.3. The molecular formula is C16H8KSi2. The van der Waals surface area contributed by atoms with Crippen LogP contribution in [0.1, 0.15) is 11.1 Å². The van der Waals surface area contributed by atoms with E-state index in [1.807, 2.05) is 0 Å². The Balaban J connectivity index is 0.00000110. The van der Waals surface area contributed by atoms with Gasteiger partial charge in [-0.3, -0.25) is 0 Å². The summed E-state index contributed by atoms with van der Waals surface area (Å²) >= 11 is 0. The molecule has 7 radical (unpaired) electrons. The molecule has 1 aliphatic rings. The van der Waals surface area contributed by atoms with E-state index >= 15 is 0 Å². The standard InChI is InChI=1S/C16H8Si2.K/c17-15-11-7-3-1-5-9(11)13-14(15)10-6-2-4-8-12(10)16(13)18;/h1-8H;/q-1;+1. The Labute approximate surface area is 162 Å². The van der Waals surface area contributed by atoms with Crippen LogP contribution in [-0.4, -0.2) is 20.5 Å². The smallest absolute Gasteiger partial charge is 0.126 e. The fourth-order valence-corrected chi connectivity index (χ4v) is 3.85. The second-order valence-corrected chi connectivity index (χ2v) is 5.59. The van der Waals surface area contributed by atoms with Crippen molar-refractivity contribution >= 4 is 36.4 Å². The average Bonchev–Trinajstić information content (AvgIpc) is 2.87. The summed E-state index contributed by atoms with van der Waals surface area (Å²) in [6, 6.07) is 17.1. The molecular weight excluding hydrogens is 287 g/mol. The Kier molecular flexibility index (Phi) is 3.81. The molecule has 3 heteroatoms. The van der Waals surface area contributed by atoms with Gasteiger partial charge in [0.25, 0.3) is 0 Å². The molecule has 0 N–H and O–H groups in total. The van der Waals surface area contributed by atoms with E-state index in [4.69, 9.17) is 0 Å². The summed E-state index contributed by atoms with van der Waals surface area (Å²) in [4.78, 5) is 0. The summed E-state index contributed by atoms with van der Waals surface area (Å²) in [5.41, 5.74) is 6.41. The second-order valence-electron chi connectivity index (χ2n) is 4.59. The SMILES string of the molecule is [K+].[Si][C]1c2ccccc2-c2c1c1ccccc1[c-]2[Si]. The predicted octanol–water partition coefficient (Wildman–Crippen LogP) is -0.566. The van der Waals surface area contributed by atoms with Crippen molar-refractivity contribution in [1.82, 2.24) is 0 Å². The molecule has 1 aliphatic carbocycles. The van der Waals surface area contributed by atoms with Gasteiger partial charge in [-0.2, -0.15) is 0 Å². The van der Waals surface area contributed by atoms with Crippen molar-refractivity contribution in [3.05, 3.63) is 65.2 Å². The summed E-state index contributed by atoms with van der Waals surface area (Å²) in [6.45, 7) is 0. The first-order chi connectivity index (χ1) is 8.79. The normalized spacial score (nSPS) is 13.2. The average molecular weight is 296 g/mol. The summed E-state index contributed by atoms with van der Waals surface area (Å²) in [5, 5.41) is 3.78. The molecule has 0 spiro atoms. The molecule has 19 heavy (non-hydrogen) atoms. The van der Waals surface area contributed by atoms with Gasteiger partial charge in [-0.05, 0) is 5.54 Å². The van der Waals surface area contributed by atoms with Crippen molar-refractivity contribution < 1.29 is 51.4 Å². The Morgan fingerprint density at radius 3 is 2.26 bits per heavy atom. The zero-order valence-corrected chi connectivity index (χ0v) is 15.7. The van der Waals surface area contributed by atoms with Gasteiger partial charge in [0.1, 0.15) is 0 Å². The van der Waals surface area contributed by atoms with Gasteiger partial charge in [0.05, 0.1) is 0 Å². The van der Waals surface area contributed by atoms with Gasteiger partial charge < -0.3 is 0 Å². The van der Waals surface area contributed by atoms with Gasteiger partial charge >= 0.3 is 51.4 Å². The molecule has 4 rings (SSSR count). The van der Waals surface area contributed by atoms with Gasteiger partial charge in [-0.25, -0.2) is 0 Å². The minimum absolute atomic E-state index is 0. The van der Waals surface area contributed by atoms with Crippen LogP contribution in [0.2, 0.25) is 0 Å². The van der Waals surface area contributed by atoms with Crippen LogP contribution in [0.5, 0.6) is 0 Å². The molecule has 0 bridgehead atoms. The Bertz CT molecular complexity index is 774. The molecule has 0 aromatic heterocycles. The minimum Gasteiger partial charge on any atom is -0.126 e. The molecule has 0 aliphatic heterocycles. The molecule has 0 amide bonds. The fraction of sp³-hybridized carbons (Fsp3) is 0. The van der Waals surface area contributed by atoms with Crippen LogP contribution in [0.15, 0.2) is 48.5 Å². The van der Waals surface area contributed by atoms with E-state index in [1.54, 1.807) is 0 Å². The number of hydrogen-bond acceptors (Lipinski definition) is 0. The van der Waals surface area contributed by atoms with Crippen LogP contribution < -0.4 is 56.6 Å². The third kappa shape index (κ3) is 1.87. The molecule has 3 aromatic carbocycles. The number of benzene rings is 2. The number of rotatable bonds is 0. The number of fused-ring (bicyclic) bond motifs is 5. The molecule has 3 aromatic rings. The van der Waals surface area contributed by atoms with Gasteiger partial charge in [-0.1, -0.05) is 53.6 Å². The van der Waals surface area contributed by atoms with Gasteiger partial charge in [0.2, 0.25) is 0 Å². The molecule has 0 nitrogen and oxygen atoms in total. The van der Waals surface area contributed by atoms with E-state index in [0.717, 1.165) is 0 Å². The van der Waals surface area contributed by atoms with Crippen molar-refractivity contribution in [1.29, 1.82) is 0 Å². The van der Waals surface area contributed by atoms with E-state index in [1.165, 1.54) is 43.8 Å². The van der Waals surface area contributed by atoms with E-state index in [2.05, 4.69) is 69.0 Å². The Hall–Kier alpha value is 0.120. The molecule has 0 saturated carbocycles. The Morgan fingerprint density at radius 1 is 0.842 bits per heavy atom. The maximum atomic E-state index is 3.82. The van der Waals surface area contributed by atoms with Gasteiger partial charge in [0, 0.05) is 20.5 Å². The molecule has 81 valence electrons. The van der Waals surface area contributed by atoms with Crippen LogP contribution in [0.4, 0.5) is 0 Å². The first kappa shape index (κ1) is 14.1. The van der Waals surface area contributed by atoms with Crippen molar-refractivity contribution in [2.45, 2.75) is 0 Å². The van der Waals surface area contributed by atoms with E-state index in [0.29, 0.717) is 0 Å². The van der Waals surface area contributed by atoms with Crippen LogP contribution in [0.25, 0.3) is 21.9 Å². The van der Waals surface area contributed by atoms with Gasteiger partial charge in [0.15, 0.2) is 0 Å². The van der Waals surface area contributed by atoms with Crippen molar-refractivity contribution in [2.75, 3.05) is 0 Å². The zero-order valence-electron chi connectivity index (χ0n) is 10.6. The maximum absolute atomic E-state index is 3.82. The van der Waals surface area contributed by atoms with Crippen molar-refractivity contribution in [2.24, 2.45) is 0 Å². The van der Waals surface area contributed by atoms with Crippen LogP contribution in [-0.2, 0) is 0 Å². The van der Waals surface area contributed by atoms with Crippen LogP contribution in [0.3, 0.4) is 0 Å². The topological polar surface area (TPSA) is 0 Å².